The Morgan fingerprint density at radius 2 is 2.50 bits per heavy atom. The van der Waals surface area contributed by atoms with Gasteiger partial charge in [0.25, 0.3) is 0 Å². The fraction of sp³-hybridized carbons (Fsp3) is 0.778. The molecule has 1 aliphatic heterocycles. The van der Waals surface area contributed by atoms with Crippen LogP contribution in [0.4, 0.5) is 0 Å². The minimum absolute atomic E-state index is 0.907. The van der Waals surface area contributed by atoms with Gasteiger partial charge in [0, 0.05) is 0 Å². The summed E-state index contributed by atoms with van der Waals surface area (Å²) in [7, 11) is 0. The maximum absolute atomic E-state index is 3.41. The van der Waals surface area contributed by atoms with Gasteiger partial charge in [0.15, 0.2) is 0 Å². The highest BCUT2D eigenvalue weighted by Gasteiger charge is 2.09. The predicted molar refractivity (Wildman–Crippen MR) is 45.0 cm³/mol. The number of hydrogen-bond donors (Lipinski definition) is 1. The van der Waals surface area contributed by atoms with Gasteiger partial charge in [0.2, 0.25) is 0 Å². The third-order valence-electron chi connectivity index (χ3n) is 2.10. The first-order valence-electron chi connectivity index (χ1n) is 4.25. The van der Waals surface area contributed by atoms with E-state index in [0.717, 1.165) is 5.92 Å². The molecule has 0 aromatic rings. The van der Waals surface area contributed by atoms with Crippen molar-refractivity contribution in [1.82, 2.24) is 5.32 Å². The molecule has 58 valence electrons. The molecule has 1 rings (SSSR count). The number of rotatable bonds is 2. The lowest BCUT2D eigenvalue weighted by atomic mass is 9.96. The monoisotopic (exact) mass is 139 g/mol. The molecule has 1 heterocycles. The van der Waals surface area contributed by atoms with Crippen LogP contribution in [0.2, 0.25) is 0 Å². The zero-order chi connectivity index (χ0) is 7.23. The van der Waals surface area contributed by atoms with Gasteiger partial charge in [-0.25, -0.2) is 0 Å². The second-order valence-corrected chi connectivity index (χ2v) is 3.02. The van der Waals surface area contributed by atoms with Crippen LogP contribution in [0.3, 0.4) is 0 Å². The van der Waals surface area contributed by atoms with Crippen LogP contribution in [-0.4, -0.2) is 13.1 Å². The summed E-state index contributed by atoms with van der Waals surface area (Å²) in [5.74, 6) is 0.907. The van der Waals surface area contributed by atoms with Gasteiger partial charge < -0.3 is 5.32 Å². The predicted octanol–water partition coefficient (Wildman–Crippen LogP) is 1.95. The van der Waals surface area contributed by atoms with Crippen LogP contribution in [0, 0.1) is 5.92 Å². The molecule has 1 saturated heterocycles. The van der Waals surface area contributed by atoms with E-state index in [1.165, 1.54) is 32.4 Å². The van der Waals surface area contributed by atoms with Gasteiger partial charge >= 0.3 is 0 Å². The first-order chi connectivity index (χ1) is 4.93. The van der Waals surface area contributed by atoms with Gasteiger partial charge in [0.1, 0.15) is 0 Å². The van der Waals surface area contributed by atoms with E-state index in [4.69, 9.17) is 0 Å². The van der Waals surface area contributed by atoms with E-state index in [9.17, 15) is 0 Å². The molecule has 0 aliphatic carbocycles. The lowest BCUT2D eigenvalue weighted by Crippen LogP contribution is -2.29. The Bertz CT molecular complexity index is 101. The lowest BCUT2D eigenvalue weighted by molar-refractivity contribution is 0.381. The van der Waals surface area contributed by atoms with E-state index in [1.807, 2.05) is 0 Å². The van der Waals surface area contributed by atoms with Crippen LogP contribution in [0.15, 0.2) is 12.2 Å². The van der Waals surface area contributed by atoms with Gasteiger partial charge in [-0.3, -0.25) is 0 Å². The van der Waals surface area contributed by atoms with Gasteiger partial charge in [-0.1, -0.05) is 12.2 Å². The van der Waals surface area contributed by atoms with Crippen LogP contribution in [-0.2, 0) is 0 Å². The molecule has 0 radical (unpaired) electrons. The SMILES string of the molecule is C/C=C/CC1CCCNC1. The molecule has 1 atom stereocenters. The topological polar surface area (TPSA) is 12.0 Å². The van der Waals surface area contributed by atoms with E-state index in [-0.39, 0.29) is 0 Å². The van der Waals surface area contributed by atoms with Gasteiger partial charge in [-0.2, -0.15) is 0 Å². The number of piperidine rings is 1. The summed E-state index contributed by atoms with van der Waals surface area (Å²) in [6.07, 6.45) is 8.47. The molecule has 1 unspecified atom stereocenters. The summed E-state index contributed by atoms with van der Waals surface area (Å²) >= 11 is 0. The summed E-state index contributed by atoms with van der Waals surface area (Å²) in [5, 5.41) is 3.41. The lowest BCUT2D eigenvalue weighted by Gasteiger charge is -2.20. The first kappa shape index (κ1) is 7.80. The molecule has 0 spiro atoms. The fourth-order valence-electron chi connectivity index (χ4n) is 1.45. The minimum atomic E-state index is 0.907. The molecule has 10 heavy (non-hydrogen) atoms. The minimum Gasteiger partial charge on any atom is -0.316 e. The van der Waals surface area contributed by atoms with Crippen LogP contribution < -0.4 is 5.32 Å². The van der Waals surface area contributed by atoms with E-state index in [0.29, 0.717) is 0 Å². The summed E-state index contributed by atoms with van der Waals surface area (Å²) in [6, 6.07) is 0. The Morgan fingerprint density at radius 3 is 3.10 bits per heavy atom. The van der Waals surface area contributed by atoms with Crippen LogP contribution in [0.5, 0.6) is 0 Å². The van der Waals surface area contributed by atoms with Crippen LogP contribution in [0.25, 0.3) is 0 Å². The molecule has 0 amide bonds. The van der Waals surface area contributed by atoms with E-state index in [2.05, 4.69) is 24.4 Å². The molecule has 1 nitrogen and oxygen atoms in total. The summed E-state index contributed by atoms with van der Waals surface area (Å²) in [5.41, 5.74) is 0. The van der Waals surface area contributed by atoms with E-state index in [1.54, 1.807) is 0 Å². The number of allylic oxidation sites excluding steroid dienone is 2. The Kier molecular flexibility index (Phi) is 3.52. The number of nitrogens with one attached hydrogen (secondary N) is 1. The van der Waals surface area contributed by atoms with Gasteiger partial charge in [-0.15, -0.1) is 0 Å². The van der Waals surface area contributed by atoms with Crippen molar-refractivity contribution >= 4 is 0 Å². The Morgan fingerprint density at radius 1 is 1.60 bits per heavy atom. The Labute approximate surface area is 63.5 Å². The standard InChI is InChI=1S/C9H17N/c1-2-3-5-9-6-4-7-10-8-9/h2-3,9-10H,4-8H2,1H3/b3-2+. The number of hydrogen-bond acceptors (Lipinski definition) is 1. The molecule has 0 saturated carbocycles. The highest BCUT2D eigenvalue weighted by molar-refractivity contribution is 4.82. The van der Waals surface area contributed by atoms with Crippen molar-refractivity contribution in [3.05, 3.63) is 12.2 Å². The quantitative estimate of drug-likeness (QED) is 0.577. The average molecular weight is 139 g/mol. The second-order valence-electron chi connectivity index (χ2n) is 3.02. The van der Waals surface area contributed by atoms with Gasteiger partial charge in [-0.05, 0) is 45.2 Å². The summed E-state index contributed by atoms with van der Waals surface area (Å²) in [6.45, 7) is 4.55. The van der Waals surface area contributed by atoms with Crippen molar-refractivity contribution in [3.8, 4) is 0 Å². The Balaban J connectivity index is 2.13. The molecule has 1 fully saturated rings. The molecular weight excluding hydrogens is 122 g/mol. The normalized spacial score (nSPS) is 27.5. The molecule has 1 heteroatoms. The third-order valence-corrected chi connectivity index (χ3v) is 2.10. The molecular formula is C9H17N. The zero-order valence-corrected chi connectivity index (χ0v) is 6.77. The third kappa shape index (κ3) is 2.53. The smallest absolute Gasteiger partial charge is 0.00175 e. The largest absolute Gasteiger partial charge is 0.316 e. The molecule has 0 aromatic carbocycles. The molecule has 0 aromatic heterocycles. The van der Waals surface area contributed by atoms with Crippen molar-refractivity contribution in [2.24, 2.45) is 5.92 Å². The maximum Gasteiger partial charge on any atom is -0.00175 e. The van der Waals surface area contributed by atoms with Crippen molar-refractivity contribution in [2.45, 2.75) is 26.2 Å². The van der Waals surface area contributed by atoms with Crippen LogP contribution in [0.1, 0.15) is 26.2 Å². The van der Waals surface area contributed by atoms with Crippen molar-refractivity contribution in [2.75, 3.05) is 13.1 Å². The summed E-state index contributed by atoms with van der Waals surface area (Å²) in [4.78, 5) is 0. The highest BCUT2D eigenvalue weighted by Crippen LogP contribution is 2.13. The molecule has 1 aliphatic rings. The molecule has 0 bridgehead atoms. The van der Waals surface area contributed by atoms with Gasteiger partial charge in [0.05, 0.1) is 0 Å². The van der Waals surface area contributed by atoms with Crippen molar-refractivity contribution in [3.63, 3.8) is 0 Å². The second kappa shape index (κ2) is 4.51. The Hall–Kier alpha value is -0.300. The van der Waals surface area contributed by atoms with Crippen LogP contribution >= 0.6 is 0 Å². The highest BCUT2D eigenvalue weighted by atomic mass is 14.9. The summed E-state index contributed by atoms with van der Waals surface area (Å²) < 4.78 is 0. The molecule has 1 N–H and O–H groups in total. The maximum atomic E-state index is 3.41. The first-order valence-corrected chi connectivity index (χ1v) is 4.25. The van der Waals surface area contributed by atoms with Crippen molar-refractivity contribution < 1.29 is 0 Å². The fourth-order valence-corrected chi connectivity index (χ4v) is 1.45. The average Bonchev–Trinajstić information content (AvgIpc) is 2.03. The van der Waals surface area contributed by atoms with E-state index < -0.39 is 0 Å². The zero-order valence-electron chi connectivity index (χ0n) is 6.77. The van der Waals surface area contributed by atoms with E-state index >= 15 is 0 Å². The van der Waals surface area contributed by atoms with Crippen molar-refractivity contribution in [1.29, 1.82) is 0 Å².